The van der Waals surface area contributed by atoms with E-state index < -0.39 is 0 Å². The Morgan fingerprint density at radius 3 is 2.46 bits per heavy atom. The minimum Gasteiger partial charge on any atom is -0.496 e. The van der Waals surface area contributed by atoms with E-state index in [2.05, 4.69) is 25.2 Å². The number of amides is 1. The molecule has 184 valence electrons. The van der Waals surface area contributed by atoms with Crippen molar-refractivity contribution in [2.75, 3.05) is 37.0 Å². The summed E-state index contributed by atoms with van der Waals surface area (Å²) in [5.74, 6) is 0.979. The van der Waals surface area contributed by atoms with Crippen molar-refractivity contribution in [3.8, 4) is 17.0 Å². The number of methoxy groups -OCH3 is 1. The van der Waals surface area contributed by atoms with Gasteiger partial charge in [0.05, 0.1) is 37.7 Å². The van der Waals surface area contributed by atoms with Gasteiger partial charge >= 0.3 is 5.97 Å². The summed E-state index contributed by atoms with van der Waals surface area (Å²) in [6.07, 6.45) is 4.48. The minimum absolute atomic E-state index is 0.0712. The molecule has 3 aromatic rings. The Labute approximate surface area is 208 Å². The lowest BCUT2D eigenvalue weighted by Gasteiger charge is -2.31. The number of carbonyl (C=O) groups excluding carboxylic acids is 2. The van der Waals surface area contributed by atoms with Gasteiger partial charge in [0.15, 0.2) is 5.13 Å². The van der Waals surface area contributed by atoms with Crippen molar-refractivity contribution in [3.05, 3.63) is 46.7 Å². The number of nitrogens with one attached hydrogen (secondary N) is 1. The molecule has 9 nitrogen and oxygen atoms in total. The number of anilines is 2. The van der Waals surface area contributed by atoms with Crippen LogP contribution in [0.25, 0.3) is 11.3 Å². The predicted molar refractivity (Wildman–Crippen MR) is 135 cm³/mol. The molecule has 1 saturated heterocycles. The fraction of sp³-hybridized carbons (Fsp3) is 0.400. The summed E-state index contributed by atoms with van der Waals surface area (Å²) in [6, 6.07) is 4.04. The Morgan fingerprint density at radius 2 is 1.86 bits per heavy atom. The Hall–Kier alpha value is -3.53. The molecule has 1 N–H and O–H groups in total. The van der Waals surface area contributed by atoms with E-state index in [1.54, 1.807) is 13.3 Å². The fourth-order valence-electron chi connectivity index (χ4n) is 4.25. The molecule has 2 aromatic heterocycles. The van der Waals surface area contributed by atoms with E-state index >= 15 is 0 Å². The molecule has 1 aliphatic rings. The molecule has 0 atom stereocenters. The van der Waals surface area contributed by atoms with Crippen molar-refractivity contribution < 1.29 is 19.1 Å². The first-order valence-corrected chi connectivity index (χ1v) is 12.4. The summed E-state index contributed by atoms with van der Waals surface area (Å²) < 4.78 is 10.6. The van der Waals surface area contributed by atoms with Crippen LogP contribution in [-0.2, 0) is 9.53 Å². The lowest BCUT2D eigenvalue weighted by molar-refractivity contribution is -0.148. The van der Waals surface area contributed by atoms with Crippen LogP contribution in [-0.4, -0.2) is 53.6 Å². The third-order valence-electron chi connectivity index (χ3n) is 5.99. The SMILES string of the molecule is CCOC(=O)C1CCN(c2cnc(C(=O)Nc3nc(-c4cc(C)c(OC)c(C)c4)cs3)cn2)CC1. The van der Waals surface area contributed by atoms with Gasteiger partial charge in [-0.15, -0.1) is 11.3 Å². The number of rotatable bonds is 7. The molecule has 1 fully saturated rings. The molecule has 0 bridgehead atoms. The first-order chi connectivity index (χ1) is 16.9. The van der Waals surface area contributed by atoms with Crippen LogP contribution in [0.15, 0.2) is 29.9 Å². The third kappa shape index (κ3) is 5.59. The van der Waals surface area contributed by atoms with Gasteiger partial charge in [-0.25, -0.2) is 15.0 Å². The fourth-order valence-corrected chi connectivity index (χ4v) is 4.97. The van der Waals surface area contributed by atoms with Crippen LogP contribution in [0.2, 0.25) is 0 Å². The maximum absolute atomic E-state index is 12.7. The second-order valence-electron chi connectivity index (χ2n) is 8.41. The van der Waals surface area contributed by atoms with Gasteiger partial charge in [-0.2, -0.15) is 0 Å². The summed E-state index contributed by atoms with van der Waals surface area (Å²) in [5, 5.41) is 5.20. The van der Waals surface area contributed by atoms with Gasteiger partial charge in [-0.1, -0.05) is 0 Å². The number of nitrogens with zero attached hydrogens (tertiary/aromatic N) is 4. The summed E-state index contributed by atoms with van der Waals surface area (Å²) >= 11 is 1.35. The van der Waals surface area contributed by atoms with Crippen molar-refractivity contribution in [2.45, 2.75) is 33.6 Å². The molecule has 1 aromatic carbocycles. The van der Waals surface area contributed by atoms with Gasteiger partial charge < -0.3 is 14.4 Å². The predicted octanol–water partition coefficient (Wildman–Crippen LogP) is 4.26. The Bertz CT molecular complexity index is 1180. The lowest BCUT2D eigenvalue weighted by Crippen LogP contribution is -2.37. The van der Waals surface area contributed by atoms with E-state index in [1.165, 1.54) is 17.5 Å². The molecule has 1 amide bonds. The molecular formula is C25H29N5O4S. The van der Waals surface area contributed by atoms with E-state index in [9.17, 15) is 9.59 Å². The molecule has 0 unspecified atom stereocenters. The normalized spacial score (nSPS) is 14.0. The molecule has 3 heterocycles. The van der Waals surface area contributed by atoms with Gasteiger partial charge in [-0.05, 0) is 56.9 Å². The average Bonchev–Trinajstić information content (AvgIpc) is 3.33. The van der Waals surface area contributed by atoms with Gasteiger partial charge in [0.1, 0.15) is 17.3 Å². The van der Waals surface area contributed by atoms with Crippen LogP contribution >= 0.6 is 11.3 Å². The van der Waals surface area contributed by atoms with E-state index in [1.807, 2.05) is 38.3 Å². The second-order valence-corrected chi connectivity index (χ2v) is 9.27. The number of hydrogen-bond donors (Lipinski definition) is 1. The molecule has 0 aliphatic carbocycles. The molecule has 1 aliphatic heterocycles. The number of piperidine rings is 1. The van der Waals surface area contributed by atoms with Crippen LogP contribution < -0.4 is 15.0 Å². The number of aryl methyl sites for hydroxylation is 2. The Balaban J connectivity index is 1.37. The van der Waals surface area contributed by atoms with Crippen molar-refractivity contribution in [1.82, 2.24) is 15.0 Å². The average molecular weight is 496 g/mol. The summed E-state index contributed by atoms with van der Waals surface area (Å²) in [4.78, 5) is 40.0. The van der Waals surface area contributed by atoms with Gasteiger partial charge in [0, 0.05) is 24.0 Å². The quantitative estimate of drug-likeness (QED) is 0.485. The molecule has 0 spiro atoms. The zero-order chi connectivity index (χ0) is 24.9. The highest BCUT2D eigenvalue weighted by atomic mass is 32.1. The van der Waals surface area contributed by atoms with Crippen LogP contribution in [0, 0.1) is 19.8 Å². The number of thiazole rings is 1. The molecular weight excluding hydrogens is 466 g/mol. The number of esters is 1. The second kappa shape index (κ2) is 10.8. The van der Waals surface area contributed by atoms with Crippen LogP contribution in [0.4, 0.5) is 10.9 Å². The number of ether oxygens (including phenoxy) is 2. The number of benzene rings is 1. The number of aromatic nitrogens is 3. The lowest BCUT2D eigenvalue weighted by atomic mass is 9.97. The van der Waals surface area contributed by atoms with Crippen LogP contribution in [0.1, 0.15) is 41.4 Å². The zero-order valence-electron chi connectivity index (χ0n) is 20.3. The topological polar surface area (TPSA) is 107 Å². The van der Waals surface area contributed by atoms with Crippen molar-refractivity contribution in [1.29, 1.82) is 0 Å². The molecule has 4 rings (SSSR count). The van der Waals surface area contributed by atoms with Crippen LogP contribution in [0.5, 0.6) is 5.75 Å². The molecule has 35 heavy (non-hydrogen) atoms. The Morgan fingerprint density at radius 1 is 1.14 bits per heavy atom. The highest BCUT2D eigenvalue weighted by molar-refractivity contribution is 7.14. The number of carbonyl (C=O) groups is 2. The van der Waals surface area contributed by atoms with Crippen molar-refractivity contribution in [2.24, 2.45) is 5.92 Å². The molecule has 0 saturated carbocycles. The van der Waals surface area contributed by atoms with E-state index in [0.717, 1.165) is 28.1 Å². The smallest absolute Gasteiger partial charge is 0.309 e. The summed E-state index contributed by atoms with van der Waals surface area (Å²) in [6.45, 7) is 7.59. The molecule has 0 radical (unpaired) electrons. The third-order valence-corrected chi connectivity index (χ3v) is 6.75. The number of hydrogen-bond acceptors (Lipinski definition) is 9. The van der Waals surface area contributed by atoms with Gasteiger partial charge in [0.2, 0.25) is 0 Å². The first kappa shape index (κ1) is 24.6. The summed E-state index contributed by atoms with van der Waals surface area (Å²) in [5.41, 5.74) is 4.02. The maximum Gasteiger partial charge on any atom is 0.309 e. The first-order valence-electron chi connectivity index (χ1n) is 11.6. The van der Waals surface area contributed by atoms with Gasteiger partial charge in [-0.3, -0.25) is 14.9 Å². The summed E-state index contributed by atoms with van der Waals surface area (Å²) in [7, 11) is 1.66. The van der Waals surface area contributed by atoms with Crippen molar-refractivity contribution >= 4 is 34.2 Å². The largest absolute Gasteiger partial charge is 0.496 e. The minimum atomic E-state index is -0.368. The van der Waals surface area contributed by atoms with E-state index in [4.69, 9.17) is 9.47 Å². The molecule has 10 heteroatoms. The standard InChI is InChI=1S/C25H29N5O4S/c1-5-34-24(32)17-6-8-30(9-7-17)21-13-26-19(12-27-21)23(31)29-25-28-20(14-35-25)18-10-15(2)22(33-4)16(3)11-18/h10-14,17H,5-9H2,1-4H3,(H,28,29,31). The van der Waals surface area contributed by atoms with Crippen molar-refractivity contribution in [3.63, 3.8) is 0 Å². The van der Waals surface area contributed by atoms with Gasteiger partial charge in [0.25, 0.3) is 5.91 Å². The van der Waals surface area contributed by atoms with E-state index in [0.29, 0.717) is 43.5 Å². The Kier molecular flexibility index (Phi) is 7.60. The highest BCUT2D eigenvalue weighted by Gasteiger charge is 2.26. The monoisotopic (exact) mass is 495 g/mol. The van der Waals surface area contributed by atoms with E-state index in [-0.39, 0.29) is 23.5 Å². The maximum atomic E-state index is 12.7. The highest BCUT2D eigenvalue weighted by Crippen LogP contribution is 2.31. The zero-order valence-corrected chi connectivity index (χ0v) is 21.1. The van der Waals surface area contributed by atoms with Crippen LogP contribution in [0.3, 0.4) is 0 Å².